The summed E-state index contributed by atoms with van der Waals surface area (Å²) in [7, 11) is -6.00. The zero-order valence-corrected chi connectivity index (χ0v) is 7.81. The Kier molecular flexibility index (Phi) is 5.23. The van der Waals surface area contributed by atoms with E-state index in [0.717, 1.165) is 12.1 Å². The summed E-state index contributed by atoms with van der Waals surface area (Å²) in [6.07, 6.45) is 1.08. The van der Waals surface area contributed by atoms with Gasteiger partial charge in [-0.25, -0.2) is 0 Å². The Labute approximate surface area is 80.0 Å². The molecular formula is C8H12BF4N. The highest BCUT2D eigenvalue weighted by Gasteiger charge is 2.20. The highest BCUT2D eigenvalue weighted by atomic mass is 19.5. The molecule has 0 aliphatic heterocycles. The van der Waals surface area contributed by atoms with Crippen LogP contribution in [0.3, 0.4) is 0 Å². The predicted molar refractivity (Wildman–Crippen MR) is 48.6 cm³/mol. The maximum atomic E-state index is 9.75. The van der Waals surface area contributed by atoms with Gasteiger partial charge in [0.25, 0.3) is 0 Å². The van der Waals surface area contributed by atoms with Gasteiger partial charge < -0.3 is 23.0 Å². The molecule has 3 N–H and O–H groups in total. The lowest BCUT2D eigenvalue weighted by Crippen LogP contribution is -2.41. The molecule has 1 nitrogen and oxygen atoms in total. The molecule has 0 aliphatic rings. The molecular weight excluding hydrogens is 197 g/mol. The minimum atomic E-state index is -6.00. The summed E-state index contributed by atoms with van der Waals surface area (Å²) in [4.78, 5) is 0. The lowest BCUT2D eigenvalue weighted by atomic mass is 10.1. The number of halogens is 4. The lowest BCUT2D eigenvalue weighted by molar-refractivity contribution is -0.255. The van der Waals surface area contributed by atoms with Crippen LogP contribution in [0, 0.1) is 0 Å². The molecule has 0 aliphatic carbocycles. The van der Waals surface area contributed by atoms with Crippen LogP contribution in [0.1, 0.15) is 12.5 Å². The van der Waals surface area contributed by atoms with Crippen molar-refractivity contribution in [1.29, 1.82) is 0 Å². The molecule has 0 bridgehead atoms. The average molecular weight is 209 g/mol. The van der Waals surface area contributed by atoms with E-state index < -0.39 is 7.25 Å². The quantitative estimate of drug-likeness (QED) is 0.543. The molecule has 0 saturated heterocycles. The van der Waals surface area contributed by atoms with Gasteiger partial charge >= 0.3 is 7.25 Å². The van der Waals surface area contributed by atoms with E-state index in [1.807, 2.05) is 18.2 Å². The number of rotatable bonds is 1. The lowest BCUT2D eigenvalue weighted by Gasteiger charge is -1.94. The fourth-order valence-electron chi connectivity index (χ4n) is 0.902. The van der Waals surface area contributed by atoms with Gasteiger partial charge in [-0.15, -0.1) is 0 Å². The topological polar surface area (TPSA) is 27.6 Å². The molecule has 0 aromatic heterocycles. The van der Waals surface area contributed by atoms with E-state index in [1.54, 1.807) is 0 Å². The van der Waals surface area contributed by atoms with Crippen LogP contribution in [-0.4, -0.2) is 7.25 Å². The summed E-state index contributed by atoms with van der Waals surface area (Å²) in [5.41, 5.74) is 6.39. The number of hydrogen-bond acceptors (Lipinski definition) is 0. The van der Waals surface area contributed by atoms with Crippen LogP contribution >= 0.6 is 0 Å². The molecule has 0 fully saturated rings. The Morgan fingerprint density at radius 1 is 1.14 bits per heavy atom. The van der Waals surface area contributed by atoms with E-state index in [0.29, 0.717) is 0 Å². The van der Waals surface area contributed by atoms with Crippen molar-refractivity contribution in [3.05, 3.63) is 29.8 Å². The van der Waals surface area contributed by atoms with Gasteiger partial charge in [-0.1, -0.05) is 25.1 Å². The summed E-state index contributed by atoms with van der Waals surface area (Å²) in [6.45, 7) is 2.14. The molecule has 1 rings (SSSR count). The zero-order valence-electron chi connectivity index (χ0n) is 7.81. The number of quaternary nitrogens is 1. The van der Waals surface area contributed by atoms with Gasteiger partial charge in [0, 0.05) is 5.56 Å². The van der Waals surface area contributed by atoms with Gasteiger partial charge in [-0.05, 0) is 12.5 Å². The average Bonchev–Trinajstić information content (AvgIpc) is 2.02. The molecule has 14 heavy (non-hydrogen) atoms. The van der Waals surface area contributed by atoms with Gasteiger partial charge in [0.15, 0.2) is 0 Å². The van der Waals surface area contributed by atoms with Crippen LogP contribution in [0.15, 0.2) is 24.3 Å². The Balaban J connectivity index is 0.000000292. The first-order valence-corrected chi connectivity index (χ1v) is 4.11. The standard InChI is InChI=1S/C8H11N.BF4/c1-2-7-5-3-4-6-8(7)9;2-1(3,4)5/h3-6H,2,9H2,1H3;/q;-1/p+1. The SMILES string of the molecule is CCc1ccccc1[NH3+].F[B-](F)(F)F. The smallest absolute Gasteiger partial charge is 0.418 e. The Morgan fingerprint density at radius 3 is 1.86 bits per heavy atom. The van der Waals surface area contributed by atoms with Crippen molar-refractivity contribution >= 4 is 12.9 Å². The van der Waals surface area contributed by atoms with E-state index in [-0.39, 0.29) is 0 Å². The highest BCUT2D eigenvalue weighted by molar-refractivity contribution is 6.50. The van der Waals surface area contributed by atoms with Crippen molar-refractivity contribution in [3.8, 4) is 0 Å². The van der Waals surface area contributed by atoms with Crippen molar-refractivity contribution in [1.82, 2.24) is 0 Å². The van der Waals surface area contributed by atoms with Crippen molar-refractivity contribution in [2.75, 3.05) is 0 Å². The van der Waals surface area contributed by atoms with Crippen LogP contribution in [0.4, 0.5) is 23.0 Å². The predicted octanol–water partition coefficient (Wildman–Crippen LogP) is 2.42. The van der Waals surface area contributed by atoms with Gasteiger partial charge in [0.1, 0.15) is 5.69 Å². The maximum Gasteiger partial charge on any atom is 0.673 e. The summed E-state index contributed by atoms with van der Waals surface area (Å²) in [6, 6.07) is 8.22. The molecule has 0 radical (unpaired) electrons. The van der Waals surface area contributed by atoms with Crippen molar-refractivity contribution in [2.24, 2.45) is 0 Å². The normalized spacial score (nSPS) is 10.4. The van der Waals surface area contributed by atoms with Crippen LogP contribution < -0.4 is 5.73 Å². The first-order chi connectivity index (χ1) is 6.34. The first kappa shape index (κ1) is 13.0. The molecule has 0 atom stereocenters. The van der Waals surface area contributed by atoms with Gasteiger partial charge in [-0.3, -0.25) is 0 Å². The van der Waals surface area contributed by atoms with Crippen LogP contribution in [0.5, 0.6) is 0 Å². The van der Waals surface area contributed by atoms with Crippen LogP contribution in [-0.2, 0) is 6.42 Å². The van der Waals surface area contributed by atoms with Crippen molar-refractivity contribution in [2.45, 2.75) is 13.3 Å². The summed E-state index contributed by atoms with van der Waals surface area (Å²) in [5.74, 6) is 0. The fraction of sp³-hybridized carbons (Fsp3) is 0.250. The van der Waals surface area contributed by atoms with Crippen LogP contribution in [0.25, 0.3) is 0 Å². The molecule has 1 aromatic rings. The van der Waals surface area contributed by atoms with E-state index in [4.69, 9.17) is 0 Å². The minimum Gasteiger partial charge on any atom is -0.418 e. The Hall–Kier alpha value is -1.04. The fourth-order valence-corrected chi connectivity index (χ4v) is 0.902. The third-order valence-electron chi connectivity index (χ3n) is 1.50. The van der Waals surface area contributed by atoms with E-state index in [9.17, 15) is 17.3 Å². The zero-order chi connectivity index (χ0) is 11.2. The van der Waals surface area contributed by atoms with Crippen molar-refractivity contribution < 1.29 is 23.0 Å². The van der Waals surface area contributed by atoms with Gasteiger partial charge in [0.05, 0.1) is 0 Å². The number of aryl methyl sites for hydroxylation is 1. The minimum absolute atomic E-state index is 1.08. The van der Waals surface area contributed by atoms with Crippen LogP contribution in [0.2, 0.25) is 0 Å². The van der Waals surface area contributed by atoms with E-state index >= 15 is 0 Å². The summed E-state index contributed by atoms with van der Waals surface area (Å²) < 4.78 is 39.0. The molecule has 1 aromatic carbocycles. The second-order valence-corrected chi connectivity index (χ2v) is 2.62. The molecule has 6 heteroatoms. The highest BCUT2D eigenvalue weighted by Crippen LogP contribution is 2.07. The van der Waals surface area contributed by atoms with Crippen molar-refractivity contribution in [3.63, 3.8) is 0 Å². The Bertz CT molecular complexity index is 268. The number of benzene rings is 1. The molecule has 0 amide bonds. The van der Waals surface area contributed by atoms with Gasteiger partial charge in [0.2, 0.25) is 0 Å². The maximum absolute atomic E-state index is 9.75. The van der Waals surface area contributed by atoms with E-state index in [1.165, 1.54) is 5.56 Å². The molecule has 0 saturated carbocycles. The Morgan fingerprint density at radius 2 is 1.57 bits per heavy atom. The molecule has 0 heterocycles. The molecule has 0 unspecified atom stereocenters. The third kappa shape index (κ3) is 7.61. The second kappa shape index (κ2) is 5.64. The number of hydrogen-bond donors (Lipinski definition) is 1. The second-order valence-electron chi connectivity index (χ2n) is 2.62. The van der Waals surface area contributed by atoms with E-state index in [2.05, 4.69) is 18.7 Å². The largest absolute Gasteiger partial charge is 0.673 e. The molecule has 80 valence electrons. The first-order valence-electron chi connectivity index (χ1n) is 4.11. The monoisotopic (exact) mass is 209 g/mol. The summed E-state index contributed by atoms with van der Waals surface area (Å²) in [5, 5.41) is 0. The third-order valence-corrected chi connectivity index (χ3v) is 1.50. The molecule has 0 spiro atoms. The summed E-state index contributed by atoms with van der Waals surface area (Å²) >= 11 is 0. The van der Waals surface area contributed by atoms with Gasteiger partial charge in [-0.2, -0.15) is 0 Å².